The van der Waals surface area contributed by atoms with Gasteiger partial charge in [0.2, 0.25) is 0 Å². The van der Waals surface area contributed by atoms with E-state index in [9.17, 15) is 4.79 Å². The Bertz CT molecular complexity index is 429. The molecule has 0 aliphatic carbocycles. The van der Waals surface area contributed by atoms with Gasteiger partial charge in [0, 0.05) is 6.54 Å². The molecule has 0 heterocycles. The maximum atomic E-state index is 10.7. The topological polar surface area (TPSA) is 58.6 Å². The van der Waals surface area contributed by atoms with Gasteiger partial charge < -0.3 is 15.2 Å². The number of carbonyl (C=O) groups is 1. The predicted molar refractivity (Wildman–Crippen MR) is 72.4 cm³/mol. The summed E-state index contributed by atoms with van der Waals surface area (Å²) in [5, 5.41) is 12.0. The van der Waals surface area contributed by atoms with E-state index < -0.39 is 5.97 Å². The highest BCUT2D eigenvalue weighted by Crippen LogP contribution is 2.27. The van der Waals surface area contributed by atoms with Gasteiger partial charge in [0.25, 0.3) is 0 Å². The van der Waals surface area contributed by atoms with E-state index >= 15 is 0 Å². The number of hydrogen-bond donors (Lipinski definition) is 2. The van der Waals surface area contributed by atoms with Crippen LogP contribution in [0.25, 0.3) is 0 Å². The zero-order chi connectivity index (χ0) is 13.7. The Balaban J connectivity index is 2.67. The van der Waals surface area contributed by atoms with E-state index in [-0.39, 0.29) is 5.92 Å². The number of aryl methyl sites for hydroxylation is 2. The van der Waals surface area contributed by atoms with Gasteiger partial charge in [-0.3, -0.25) is 4.79 Å². The molecule has 1 aromatic carbocycles. The zero-order valence-corrected chi connectivity index (χ0v) is 11.4. The Morgan fingerprint density at radius 3 is 2.56 bits per heavy atom. The summed E-state index contributed by atoms with van der Waals surface area (Å²) >= 11 is 0. The second-order valence-electron chi connectivity index (χ2n) is 4.59. The summed E-state index contributed by atoms with van der Waals surface area (Å²) in [6.45, 7) is 6.40. The number of carboxylic acid groups (broad SMARTS) is 1. The molecule has 1 atom stereocenters. The third kappa shape index (κ3) is 3.65. The Kier molecular flexibility index (Phi) is 5.01. The number of anilines is 1. The summed E-state index contributed by atoms with van der Waals surface area (Å²) in [7, 11) is 1.63. The molecule has 1 rings (SSSR count). The Labute approximate surface area is 108 Å². The maximum Gasteiger partial charge on any atom is 0.306 e. The van der Waals surface area contributed by atoms with E-state index in [1.54, 1.807) is 14.0 Å². The highest BCUT2D eigenvalue weighted by Gasteiger charge is 2.11. The largest absolute Gasteiger partial charge is 0.495 e. The number of nitrogens with one attached hydrogen (secondary N) is 1. The Morgan fingerprint density at radius 2 is 2.00 bits per heavy atom. The summed E-state index contributed by atoms with van der Waals surface area (Å²) in [6.07, 6.45) is 0.589. The molecule has 0 amide bonds. The van der Waals surface area contributed by atoms with Gasteiger partial charge in [-0.25, -0.2) is 0 Å². The van der Waals surface area contributed by atoms with Gasteiger partial charge in [-0.1, -0.05) is 6.92 Å². The lowest BCUT2D eigenvalue weighted by molar-refractivity contribution is -0.141. The lowest BCUT2D eigenvalue weighted by Crippen LogP contribution is -2.14. The fourth-order valence-electron chi connectivity index (χ4n) is 1.64. The molecule has 0 aromatic heterocycles. The first-order valence-electron chi connectivity index (χ1n) is 6.07. The number of hydrogen-bond acceptors (Lipinski definition) is 3. The van der Waals surface area contributed by atoms with Crippen LogP contribution in [0, 0.1) is 19.8 Å². The van der Waals surface area contributed by atoms with Crippen LogP contribution in [0.3, 0.4) is 0 Å². The second kappa shape index (κ2) is 6.28. The van der Waals surface area contributed by atoms with Crippen molar-refractivity contribution in [1.82, 2.24) is 0 Å². The lowest BCUT2D eigenvalue weighted by Gasteiger charge is -2.14. The van der Waals surface area contributed by atoms with E-state index in [0.29, 0.717) is 13.0 Å². The molecule has 0 bridgehead atoms. The van der Waals surface area contributed by atoms with Crippen molar-refractivity contribution >= 4 is 11.7 Å². The van der Waals surface area contributed by atoms with Crippen LogP contribution in [-0.4, -0.2) is 24.7 Å². The van der Waals surface area contributed by atoms with Crippen molar-refractivity contribution in [3.63, 3.8) is 0 Å². The van der Waals surface area contributed by atoms with Crippen LogP contribution in [0.15, 0.2) is 12.1 Å². The molecule has 100 valence electrons. The number of rotatable bonds is 6. The number of carboxylic acids is 1. The molecule has 1 aromatic rings. The molecule has 0 aliphatic heterocycles. The number of ether oxygens (including phenoxy) is 1. The normalized spacial score (nSPS) is 12.0. The van der Waals surface area contributed by atoms with E-state index in [1.807, 2.05) is 26.0 Å². The van der Waals surface area contributed by atoms with E-state index in [2.05, 4.69) is 5.32 Å². The average Bonchev–Trinajstić information content (AvgIpc) is 2.32. The van der Waals surface area contributed by atoms with E-state index in [0.717, 1.165) is 11.4 Å². The van der Waals surface area contributed by atoms with Gasteiger partial charge >= 0.3 is 5.97 Å². The standard InChI is InChI=1S/C14H21NO3/c1-9(14(16)17)5-6-15-12-7-10(2)11(3)8-13(12)18-4/h7-9,15H,5-6H2,1-4H3,(H,16,17). The molecule has 0 saturated carbocycles. The fraction of sp³-hybridized carbons (Fsp3) is 0.500. The average molecular weight is 251 g/mol. The van der Waals surface area contributed by atoms with Crippen LogP contribution in [0.2, 0.25) is 0 Å². The fourth-order valence-corrected chi connectivity index (χ4v) is 1.64. The number of methoxy groups -OCH3 is 1. The molecule has 0 fully saturated rings. The van der Waals surface area contributed by atoms with Crippen molar-refractivity contribution < 1.29 is 14.6 Å². The molecule has 0 spiro atoms. The van der Waals surface area contributed by atoms with Crippen LogP contribution in [0.4, 0.5) is 5.69 Å². The zero-order valence-electron chi connectivity index (χ0n) is 11.4. The van der Waals surface area contributed by atoms with Crippen LogP contribution < -0.4 is 10.1 Å². The third-order valence-corrected chi connectivity index (χ3v) is 3.13. The Morgan fingerprint density at radius 1 is 1.39 bits per heavy atom. The van der Waals surface area contributed by atoms with Crippen molar-refractivity contribution in [2.75, 3.05) is 19.0 Å². The smallest absolute Gasteiger partial charge is 0.306 e. The van der Waals surface area contributed by atoms with Crippen LogP contribution in [0.5, 0.6) is 5.75 Å². The van der Waals surface area contributed by atoms with Crippen molar-refractivity contribution in [2.24, 2.45) is 5.92 Å². The first-order valence-corrected chi connectivity index (χ1v) is 6.07. The molecule has 0 radical (unpaired) electrons. The van der Waals surface area contributed by atoms with Gasteiger partial charge in [0.1, 0.15) is 5.75 Å². The molecule has 4 heteroatoms. The summed E-state index contributed by atoms with van der Waals surface area (Å²) in [5.74, 6) is -0.306. The SMILES string of the molecule is COc1cc(C)c(C)cc1NCCC(C)C(=O)O. The highest BCUT2D eigenvalue weighted by atomic mass is 16.5. The van der Waals surface area contributed by atoms with E-state index in [4.69, 9.17) is 9.84 Å². The van der Waals surface area contributed by atoms with Gasteiger partial charge in [-0.15, -0.1) is 0 Å². The van der Waals surface area contributed by atoms with Gasteiger partial charge in [0.15, 0.2) is 0 Å². The van der Waals surface area contributed by atoms with Gasteiger partial charge in [-0.05, 0) is 43.5 Å². The molecule has 0 aliphatic rings. The predicted octanol–water partition coefficient (Wildman–Crippen LogP) is 2.83. The third-order valence-electron chi connectivity index (χ3n) is 3.13. The van der Waals surface area contributed by atoms with Crippen LogP contribution in [0.1, 0.15) is 24.5 Å². The first kappa shape index (κ1) is 14.4. The maximum absolute atomic E-state index is 10.7. The van der Waals surface area contributed by atoms with Gasteiger partial charge in [0.05, 0.1) is 18.7 Å². The van der Waals surface area contributed by atoms with Crippen LogP contribution >= 0.6 is 0 Å². The number of benzene rings is 1. The summed E-state index contributed by atoms with van der Waals surface area (Å²) in [6, 6.07) is 4.01. The molecular weight excluding hydrogens is 230 g/mol. The summed E-state index contributed by atoms with van der Waals surface area (Å²) in [4.78, 5) is 10.7. The highest BCUT2D eigenvalue weighted by molar-refractivity contribution is 5.69. The summed E-state index contributed by atoms with van der Waals surface area (Å²) in [5.41, 5.74) is 3.28. The summed E-state index contributed by atoms with van der Waals surface area (Å²) < 4.78 is 5.31. The molecular formula is C14H21NO3. The van der Waals surface area contributed by atoms with Crippen molar-refractivity contribution in [3.8, 4) is 5.75 Å². The quantitative estimate of drug-likeness (QED) is 0.816. The molecule has 2 N–H and O–H groups in total. The van der Waals surface area contributed by atoms with Gasteiger partial charge in [-0.2, -0.15) is 0 Å². The first-order chi connectivity index (χ1) is 8.45. The van der Waals surface area contributed by atoms with E-state index in [1.165, 1.54) is 11.1 Å². The monoisotopic (exact) mass is 251 g/mol. The minimum atomic E-state index is -0.760. The lowest BCUT2D eigenvalue weighted by atomic mass is 10.1. The van der Waals surface area contributed by atoms with Crippen molar-refractivity contribution in [1.29, 1.82) is 0 Å². The van der Waals surface area contributed by atoms with Crippen LogP contribution in [-0.2, 0) is 4.79 Å². The molecule has 18 heavy (non-hydrogen) atoms. The number of aliphatic carboxylic acids is 1. The molecule has 1 unspecified atom stereocenters. The minimum Gasteiger partial charge on any atom is -0.495 e. The van der Waals surface area contributed by atoms with Crippen molar-refractivity contribution in [3.05, 3.63) is 23.3 Å². The molecule has 0 saturated heterocycles. The van der Waals surface area contributed by atoms with Crippen molar-refractivity contribution in [2.45, 2.75) is 27.2 Å². The minimum absolute atomic E-state index is 0.338. The molecule has 4 nitrogen and oxygen atoms in total. The second-order valence-corrected chi connectivity index (χ2v) is 4.59. The Hall–Kier alpha value is -1.71.